The van der Waals surface area contributed by atoms with Gasteiger partial charge in [-0.05, 0) is 124 Å². The number of fused-ring (bicyclic) bond motifs is 2. The van der Waals surface area contributed by atoms with Crippen molar-refractivity contribution in [2.24, 2.45) is 44.8 Å². The summed E-state index contributed by atoms with van der Waals surface area (Å²) in [5, 5.41) is 99.0. The van der Waals surface area contributed by atoms with E-state index in [9.17, 15) is 50.8 Å². The number of carbonyl (C=O) groups excluding carboxylic acids is 1. The standard InChI is InChI=1S/C48H78O18/c1-21-30(53)32(55)34(57)40(61-21)65-36-35(62-22(2)49)25(52)19-60-41(36)64-28-11-13-48-20-47(48)15-14-44(7)37(46(9)12-10-29(66-46)43(5,6)58)23(50)17-45(44,8)27(47)16-26(38(48)42(28,3)4)63-39-33(56)31(54)24(51)18-59-39/h21,23-41,50-58H,10-20H2,1-9H3/t21-,23-,24-,25-,26+,27+,28+,29+,30+,31+,32+,33+,34+,35+,36+,37-,38-,39+,40+,41+,44-,45+,46+,47+,48-/m1/s1. The molecule has 5 aliphatic carbocycles. The monoisotopic (exact) mass is 943 g/mol. The Labute approximate surface area is 387 Å². The number of hydrogen-bond acceptors (Lipinski definition) is 18. The maximum absolute atomic E-state index is 12.4. The molecule has 0 bridgehead atoms. The van der Waals surface area contributed by atoms with Gasteiger partial charge in [0.1, 0.15) is 42.7 Å². The molecule has 0 amide bonds. The fraction of sp³-hybridized carbons (Fsp3) is 0.979. The molecule has 378 valence electrons. The molecule has 18 nitrogen and oxygen atoms in total. The third kappa shape index (κ3) is 7.43. The molecule has 9 fully saturated rings. The Morgan fingerprint density at radius 2 is 1.33 bits per heavy atom. The van der Waals surface area contributed by atoms with Crippen LogP contribution in [0.15, 0.2) is 0 Å². The molecule has 25 atom stereocenters. The number of ether oxygens (including phenoxy) is 8. The first-order valence-electron chi connectivity index (χ1n) is 24.5. The summed E-state index contributed by atoms with van der Waals surface area (Å²) >= 11 is 0. The van der Waals surface area contributed by atoms with Crippen molar-refractivity contribution >= 4 is 5.97 Å². The van der Waals surface area contributed by atoms with Crippen LogP contribution in [-0.2, 0) is 42.7 Å². The number of carbonyl (C=O) groups is 1. The van der Waals surface area contributed by atoms with E-state index in [1.165, 1.54) is 13.8 Å². The number of aliphatic hydroxyl groups excluding tert-OH is 8. The van der Waals surface area contributed by atoms with Gasteiger partial charge in [0.2, 0.25) is 0 Å². The first-order chi connectivity index (χ1) is 30.7. The summed E-state index contributed by atoms with van der Waals surface area (Å²) < 4.78 is 50.5. The van der Waals surface area contributed by atoms with Crippen LogP contribution < -0.4 is 0 Å². The van der Waals surface area contributed by atoms with E-state index < -0.39 is 121 Å². The van der Waals surface area contributed by atoms with E-state index in [0.717, 1.165) is 32.1 Å². The Morgan fingerprint density at radius 3 is 2.00 bits per heavy atom. The first-order valence-corrected chi connectivity index (χ1v) is 24.5. The molecule has 0 unspecified atom stereocenters. The molecule has 0 aromatic carbocycles. The van der Waals surface area contributed by atoms with Crippen LogP contribution in [0.1, 0.15) is 120 Å². The van der Waals surface area contributed by atoms with Gasteiger partial charge in [0.15, 0.2) is 31.1 Å². The zero-order valence-corrected chi connectivity index (χ0v) is 40.0. The highest BCUT2D eigenvalue weighted by Crippen LogP contribution is 2.89. The summed E-state index contributed by atoms with van der Waals surface area (Å²) in [6.45, 7) is 16.8. The van der Waals surface area contributed by atoms with Crippen molar-refractivity contribution in [3.05, 3.63) is 0 Å². The van der Waals surface area contributed by atoms with Gasteiger partial charge in [0, 0.05) is 12.8 Å². The average Bonchev–Trinajstić information content (AvgIpc) is 3.59. The maximum atomic E-state index is 12.4. The molecule has 4 heterocycles. The molecule has 4 saturated heterocycles. The highest BCUT2D eigenvalue weighted by Gasteiger charge is 2.85. The highest BCUT2D eigenvalue weighted by atomic mass is 16.8. The molecular weight excluding hydrogens is 865 g/mol. The lowest BCUT2D eigenvalue weighted by molar-refractivity contribution is -0.366. The van der Waals surface area contributed by atoms with E-state index in [-0.39, 0.29) is 58.7 Å². The summed E-state index contributed by atoms with van der Waals surface area (Å²) in [7, 11) is 0. The summed E-state index contributed by atoms with van der Waals surface area (Å²) in [6.07, 6.45) is -13.6. The molecular formula is C48H78O18. The largest absolute Gasteiger partial charge is 0.457 e. The topological polar surface area (TPSA) is 273 Å². The molecule has 66 heavy (non-hydrogen) atoms. The van der Waals surface area contributed by atoms with Crippen LogP contribution in [0.2, 0.25) is 0 Å². The van der Waals surface area contributed by atoms with Crippen molar-refractivity contribution in [1.82, 2.24) is 0 Å². The van der Waals surface area contributed by atoms with E-state index in [1.54, 1.807) is 13.8 Å². The summed E-state index contributed by atoms with van der Waals surface area (Å²) in [6, 6.07) is 0. The quantitative estimate of drug-likeness (QED) is 0.114. The first kappa shape index (κ1) is 49.8. The van der Waals surface area contributed by atoms with Crippen molar-refractivity contribution in [1.29, 1.82) is 0 Å². The zero-order chi connectivity index (χ0) is 48.1. The van der Waals surface area contributed by atoms with Crippen LogP contribution in [0.4, 0.5) is 0 Å². The average molecular weight is 943 g/mol. The third-order valence-electron chi connectivity index (χ3n) is 19.6. The fourth-order valence-electron chi connectivity index (χ4n) is 16.3. The number of aliphatic hydroxyl groups is 9. The van der Waals surface area contributed by atoms with Crippen molar-refractivity contribution in [2.75, 3.05) is 13.2 Å². The fourth-order valence-corrected chi connectivity index (χ4v) is 16.3. The SMILES string of the molecule is CC(=O)O[C@@H]1[C@H](O[C@@H]2O[C@H](C)[C@H](O)[C@H](O)[C@@H]2O)[C@H](O[C@H]2CC[C@]34C[C@]35CC[C@]3(C)[C@H]([C@]6(C)CC[C@@H](C(C)(C)O)O6)[C@H](O)C[C@@]3(C)[C@@H]5C[C@H](O[C@@H]3OC[C@@H](O)[C@H](O)[C@@H]3O)[C@@H]4C2(C)C)OC[C@H]1O. The van der Waals surface area contributed by atoms with E-state index in [4.69, 9.17) is 37.9 Å². The van der Waals surface area contributed by atoms with Gasteiger partial charge in [-0.25, -0.2) is 0 Å². The van der Waals surface area contributed by atoms with E-state index in [2.05, 4.69) is 34.6 Å². The molecule has 9 N–H and O–H groups in total. The van der Waals surface area contributed by atoms with Gasteiger partial charge in [-0.15, -0.1) is 0 Å². The second kappa shape index (κ2) is 16.7. The summed E-state index contributed by atoms with van der Waals surface area (Å²) in [4.78, 5) is 12.4. The minimum atomic E-state index is -1.70. The molecule has 2 spiro atoms. The van der Waals surface area contributed by atoms with Crippen LogP contribution in [0.25, 0.3) is 0 Å². The van der Waals surface area contributed by atoms with Gasteiger partial charge >= 0.3 is 5.97 Å². The van der Waals surface area contributed by atoms with Gasteiger partial charge in [0.25, 0.3) is 0 Å². The zero-order valence-electron chi connectivity index (χ0n) is 40.0. The molecule has 0 aromatic heterocycles. The minimum absolute atomic E-state index is 0.0767. The lowest BCUT2D eigenvalue weighted by Gasteiger charge is -2.65. The molecule has 4 aliphatic heterocycles. The van der Waals surface area contributed by atoms with E-state index in [1.807, 2.05) is 0 Å². The molecule has 9 aliphatic rings. The lowest BCUT2D eigenvalue weighted by atomic mass is 9.41. The summed E-state index contributed by atoms with van der Waals surface area (Å²) in [5.41, 5.74) is -3.49. The number of hydrogen-bond donors (Lipinski definition) is 9. The van der Waals surface area contributed by atoms with Crippen LogP contribution in [-0.4, -0.2) is 181 Å². The Hall–Kier alpha value is -1.17. The lowest BCUT2D eigenvalue weighted by Crippen LogP contribution is -2.65. The van der Waals surface area contributed by atoms with Crippen molar-refractivity contribution in [2.45, 2.75) is 236 Å². The molecule has 0 radical (unpaired) electrons. The van der Waals surface area contributed by atoms with Gasteiger partial charge in [0.05, 0.1) is 54.9 Å². The Bertz CT molecular complexity index is 1810. The van der Waals surface area contributed by atoms with Gasteiger partial charge in [-0.2, -0.15) is 0 Å². The smallest absolute Gasteiger partial charge is 0.303 e. The second-order valence-electron chi connectivity index (χ2n) is 24.0. The van der Waals surface area contributed by atoms with Crippen LogP contribution in [0.5, 0.6) is 0 Å². The number of rotatable bonds is 9. The Balaban J connectivity index is 1.04. The molecule has 9 rings (SSSR count). The minimum Gasteiger partial charge on any atom is -0.457 e. The Kier molecular flexibility index (Phi) is 12.6. The van der Waals surface area contributed by atoms with Gasteiger partial charge < -0.3 is 83.9 Å². The predicted molar refractivity (Wildman–Crippen MR) is 229 cm³/mol. The molecule has 0 aromatic rings. The second-order valence-corrected chi connectivity index (χ2v) is 24.0. The van der Waals surface area contributed by atoms with E-state index >= 15 is 0 Å². The van der Waals surface area contributed by atoms with Crippen molar-refractivity contribution in [3.63, 3.8) is 0 Å². The van der Waals surface area contributed by atoms with Crippen LogP contribution >= 0.6 is 0 Å². The van der Waals surface area contributed by atoms with Gasteiger partial charge in [-0.3, -0.25) is 4.79 Å². The molecule has 5 saturated carbocycles. The van der Waals surface area contributed by atoms with E-state index in [0.29, 0.717) is 25.7 Å². The third-order valence-corrected chi connectivity index (χ3v) is 19.6. The van der Waals surface area contributed by atoms with Crippen LogP contribution in [0, 0.1) is 44.8 Å². The highest BCUT2D eigenvalue weighted by molar-refractivity contribution is 5.66. The maximum Gasteiger partial charge on any atom is 0.303 e. The Morgan fingerprint density at radius 1 is 0.667 bits per heavy atom. The normalized spacial score (nSPS) is 56.7. The predicted octanol–water partition coefficient (Wildman–Crippen LogP) is 0.786. The molecule has 18 heteroatoms. The van der Waals surface area contributed by atoms with Crippen molar-refractivity contribution in [3.8, 4) is 0 Å². The van der Waals surface area contributed by atoms with Gasteiger partial charge in [-0.1, -0.05) is 27.7 Å². The van der Waals surface area contributed by atoms with Crippen LogP contribution in [0.3, 0.4) is 0 Å². The van der Waals surface area contributed by atoms with Crippen molar-refractivity contribution < 1.29 is 88.6 Å². The summed E-state index contributed by atoms with van der Waals surface area (Å²) in [5.74, 6) is -1.03. The number of esters is 1.